The van der Waals surface area contributed by atoms with Crippen LogP contribution in [0.1, 0.15) is 0 Å². The minimum absolute atomic E-state index is 0.365. The zero-order valence-corrected chi connectivity index (χ0v) is 12.7. The van der Waals surface area contributed by atoms with Gasteiger partial charge in [-0.05, 0) is 24.3 Å². The smallest absolute Gasteiger partial charge is 0.323 e. The van der Waals surface area contributed by atoms with E-state index in [9.17, 15) is 9.18 Å². The lowest BCUT2D eigenvalue weighted by Crippen LogP contribution is -2.19. The first kappa shape index (κ1) is 15.9. The maximum Gasteiger partial charge on any atom is 0.323 e. The van der Waals surface area contributed by atoms with Crippen molar-refractivity contribution < 1.29 is 18.7 Å². The molecule has 0 fully saturated rings. The Hall–Kier alpha value is -2.47. The molecule has 2 amide bonds. The number of hydrogen-bond donors (Lipinski definition) is 2. The number of carbonyl (C=O) groups is 1. The molecule has 0 aliphatic rings. The average molecular weight is 325 g/mol. The Balaban J connectivity index is 2.15. The fraction of sp³-hybridized carbons (Fsp3) is 0.133. The number of benzene rings is 2. The van der Waals surface area contributed by atoms with Crippen LogP contribution in [0.2, 0.25) is 5.02 Å². The molecule has 116 valence electrons. The summed E-state index contributed by atoms with van der Waals surface area (Å²) in [6.07, 6.45) is 0. The highest BCUT2D eigenvalue weighted by Crippen LogP contribution is 2.35. The number of carbonyl (C=O) groups excluding carboxylic acids is 1. The van der Waals surface area contributed by atoms with Gasteiger partial charge >= 0.3 is 6.03 Å². The number of rotatable bonds is 4. The Morgan fingerprint density at radius 3 is 2.27 bits per heavy atom. The Bertz CT molecular complexity index is 677. The van der Waals surface area contributed by atoms with Crippen molar-refractivity contribution in [3.63, 3.8) is 0 Å². The van der Waals surface area contributed by atoms with Gasteiger partial charge in [-0.25, -0.2) is 9.18 Å². The topological polar surface area (TPSA) is 59.6 Å². The van der Waals surface area contributed by atoms with E-state index in [1.54, 1.807) is 6.07 Å². The van der Waals surface area contributed by atoms with E-state index in [-0.39, 0.29) is 5.82 Å². The highest BCUT2D eigenvalue weighted by Gasteiger charge is 2.12. The number of nitrogens with one attached hydrogen (secondary N) is 2. The number of ether oxygens (including phenoxy) is 2. The van der Waals surface area contributed by atoms with Crippen LogP contribution in [-0.2, 0) is 0 Å². The van der Waals surface area contributed by atoms with Crippen LogP contribution in [0.25, 0.3) is 0 Å². The van der Waals surface area contributed by atoms with Gasteiger partial charge in [0.2, 0.25) is 0 Å². The van der Waals surface area contributed by atoms with Crippen LogP contribution in [0.5, 0.6) is 11.5 Å². The van der Waals surface area contributed by atoms with E-state index < -0.39 is 6.03 Å². The van der Waals surface area contributed by atoms with E-state index in [1.165, 1.54) is 44.6 Å². The van der Waals surface area contributed by atoms with Crippen molar-refractivity contribution in [2.75, 3.05) is 24.9 Å². The van der Waals surface area contributed by atoms with Gasteiger partial charge in [-0.3, -0.25) is 0 Å². The minimum atomic E-state index is -0.505. The van der Waals surface area contributed by atoms with Gasteiger partial charge in [0, 0.05) is 17.8 Å². The predicted molar refractivity (Wildman–Crippen MR) is 83.6 cm³/mol. The fourth-order valence-electron chi connectivity index (χ4n) is 1.78. The lowest BCUT2D eigenvalue weighted by atomic mass is 10.2. The van der Waals surface area contributed by atoms with Gasteiger partial charge in [0.15, 0.2) is 0 Å². The van der Waals surface area contributed by atoms with Crippen LogP contribution in [-0.4, -0.2) is 20.3 Å². The van der Waals surface area contributed by atoms with E-state index in [4.69, 9.17) is 21.1 Å². The molecule has 2 N–H and O–H groups in total. The molecule has 2 aromatic carbocycles. The Morgan fingerprint density at radius 2 is 1.68 bits per heavy atom. The van der Waals surface area contributed by atoms with Gasteiger partial charge < -0.3 is 20.1 Å². The number of urea groups is 1. The Labute approximate surface area is 132 Å². The maximum absolute atomic E-state index is 12.8. The third-order valence-corrected chi connectivity index (χ3v) is 3.12. The molecule has 7 heteroatoms. The molecule has 5 nitrogen and oxygen atoms in total. The quantitative estimate of drug-likeness (QED) is 0.888. The van der Waals surface area contributed by atoms with Crippen LogP contribution in [0, 0.1) is 5.82 Å². The van der Waals surface area contributed by atoms with Gasteiger partial charge in [0.25, 0.3) is 0 Å². The zero-order valence-electron chi connectivity index (χ0n) is 11.9. The molecular formula is C15H14ClFN2O3. The first-order valence-electron chi connectivity index (χ1n) is 6.28. The van der Waals surface area contributed by atoms with Crippen LogP contribution in [0.3, 0.4) is 0 Å². The highest BCUT2D eigenvalue weighted by atomic mass is 35.5. The van der Waals surface area contributed by atoms with E-state index in [0.717, 1.165) is 0 Å². The van der Waals surface area contributed by atoms with Crippen molar-refractivity contribution in [3.8, 4) is 11.5 Å². The molecule has 0 spiro atoms. The third kappa shape index (κ3) is 3.79. The molecule has 0 heterocycles. The summed E-state index contributed by atoms with van der Waals surface area (Å²) < 4.78 is 23.1. The van der Waals surface area contributed by atoms with Crippen molar-refractivity contribution in [2.45, 2.75) is 0 Å². The molecule has 0 atom stereocenters. The van der Waals surface area contributed by atoms with Crippen molar-refractivity contribution in [1.29, 1.82) is 0 Å². The fourth-order valence-corrected chi connectivity index (χ4v) is 2.01. The molecule has 0 saturated carbocycles. The molecule has 22 heavy (non-hydrogen) atoms. The SMILES string of the molecule is COc1cc(NC(=O)Nc2ccc(F)cc2)c(OC)cc1Cl. The van der Waals surface area contributed by atoms with E-state index in [1.807, 2.05) is 0 Å². The van der Waals surface area contributed by atoms with Crippen molar-refractivity contribution in [1.82, 2.24) is 0 Å². The molecule has 0 aliphatic carbocycles. The van der Waals surface area contributed by atoms with Crippen molar-refractivity contribution in [3.05, 3.63) is 47.2 Å². The molecule has 0 radical (unpaired) electrons. The second-order valence-corrected chi connectivity index (χ2v) is 4.68. The van der Waals surface area contributed by atoms with Crippen LogP contribution in [0.4, 0.5) is 20.6 Å². The molecule has 2 rings (SSSR count). The van der Waals surface area contributed by atoms with Crippen molar-refractivity contribution in [2.24, 2.45) is 0 Å². The van der Waals surface area contributed by atoms with Gasteiger partial charge in [-0.15, -0.1) is 0 Å². The van der Waals surface area contributed by atoms with E-state index >= 15 is 0 Å². The van der Waals surface area contributed by atoms with Gasteiger partial charge in [-0.1, -0.05) is 11.6 Å². The Kier molecular flexibility index (Phi) is 5.06. The average Bonchev–Trinajstić information content (AvgIpc) is 2.50. The maximum atomic E-state index is 12.8. The second-order valence-electron chi connectivity index (χ2n) is 4.27. The predicted octanol–water partition coefficient (Wildman–Crippen LogP) is 4.14. The highest BCUT2D eigenvalue weighted by molar-refractivity contribution is 6.32. The molecule has 0 saturated heterocycles. The number of halogens is 2. The lowest BCUT2D eigenvalue weighted by molar-refractivity contribution is 0.262. The number of methoxy groups -OCH3 is 2. The first-order chi connectivity index (χ1) is 10.5. The zero-order chi connectivity index (χ0) is 16.1. The van der Waals surface area contributed by atoms with Crippen LogP contribution >= 0.6 is 11.6 Å². The van der Waals surface area contributed by atoms with Gasteiger partial charge in [0.1, 0.15) is 17.3 Å². The molecule has 0 unspecified atom stereocenters. The summed E-state index contributed by atoms with van der Waals surface area (Å²) in [4.78, 5) is 12.0. The van der Waals surface area contributed by atoms with Gasteiger partial charge in [0.05, 0.1) is 24.9 Å². The summed E-state index contributed by atoms with van der Waals surface area (Å²) in [7, 11) is 2.93. The summed E-state index contributed by atoms with van der Waals surface area (Å²) in [6, 6.07) is 7.99. The molecule has 0 aliphatic heterocycles. The monoisotopic (exact) mass is 324 g/mol. The molecule has 0 bridgehead atoms. The lowest BCUT2D eigenvalue weighted by Gasteiger charge is -2.13. The largest absolute Gasteiger partial charge is 0.495 e. The first-order valence-corrected chi connectivity index (χ1v) is 6.66. The summed E-state index contributed by atoms with van der Waals surface area (Å²) >= 11 is 5.99. The third-order valence-electron chi connectivity index (χ3n) is 2.82. The molecular weight excluding hydrogens is 311 g/mol. The second kappa shape index (κ2) is 7.00. The normalized spacial score (nSPS) is 10.0. The van der Waals surface area contributed by atoms with Gasteiger partial charge in [-0.2, -0.15) is 0 Å². The number of anilines is 2. The van der Waals surface area contributed by atoms with Crippen LogP contribution < -0.4 is 20.1 Å². The van der Waals surface area contributed by atoms with Crippen LogP contribution in [0.15, 0.2) is 36.4 Å². The minimum Gasteiger partial charge on any atom is -0.495 e. The number of amides is 2. The summed E-state index contributed by atoms with van der Waals surface area (Å²) in [5.41, 5.74) is 0.849. The summed E-state index contributed by atoms with van der Waals surface area (Å²) in [6.45, 7) is 0. The summed E-state index contributed by atoms with van der Waals surface area (Å²) in [5, 5.41) is 5.56. The summed E-state index contributed by atoms with van der Waals surface area (Å²) in [5.74, 6) is 0.412. The molecule has 2 aromatic rings. The van der Waals surface area contributed by atoms with Crippen molar-refractivity contribution >= 4 is 29.0 Å². The standard InChI is InChI=1S/C15H14ClFN2O3/c1-21-13-8-12(14(22-2)7-11(13)16)19-15(20)18-10-5-3-9(17)4-6-10/h3-8H,1-2H3,(H2,18,19,20). The van der Waals surface area contributed by atoms with E-state index in [2.05, 4.69) is 10.6 Å². The molecule has 0 aromatic heterocycles. The number of hydrogen-bond acceptors (Lipinski definition) is 3. The van der Waals surface area contributed by atoms with E-state index in [0.29, 0.717) is 27.9 Å². The Morgan fingerprint density at radius 1 is 1.05 bits per heavy atom.